The summed E-state index contributed by atoms with van der Waals surface area (Å²) in [7, 11) is 0. The van der Waals surface area contributed by atoms with Gasteiger partial charge in [-0.3, -0.25) is 4.90 Å². The quantitative estimate of drug-likeness (QED) is 0.0569. The van der Waals surface area contributed by atoms with E-state index < -0.39 is 0 Å². The molecule has 0 aromatic carbocycles. The number of ether oxygens (including phenoxy) is 3. The van der Waals surface area contributed by atoms with Crippen molar-refractivity contribution < 1.29 is 14.2 Å². The summed E-state index contributed by atoms with van der Waals surface area (Å²) in [4.78, 5) is 2.52. The van der Waals surface area contributed by atoms with Crippen LogP contribution in [0.2, 0.25) is 0 Å². The van der Waals surface area contributed by atoms with Crippen LogP contribution in [0.1, 0.15) is 329 Å². The van der Waals surface area contributed by atoms with Gasteiger partial charge in [-0.05, 0) is 19.3 Å². The minimum absolute atomic E-state index is 0.830. The standard InChI is InChI=1S/C60H123NO3/c1-4-7-10-13-16-19-22-25-28-31-34-37-40-43-46-49-55-62-58-52-61(53-59-63-56-50-47-44-41-38-35-32-29-26-23-20-17-14-11-8-5-2)54-60-64-57-51-48-45-42-39-36-33-30-27-24-21-18-15-12-9-6-3/h4-60H2,1-3H3. The van der Waals surface area contributed by atoms with Crippen molar-refractivity contribution in [3.8, 4) is 0 Å². The summed E-state index contributed by atoms with van der Waals surface area (Å²) in [6.45, 7) is 15.1. The number of hydrogen-bond donors (Lipinski definition) is 0. The first-order valence-corrected chi connectivity index (χ1v) is 30.3. The summed E-state index contributed by atoms with van der Waals surface area (Å²) >= 11 is 0. The van der Waals surface area contributed by atoms with Crippen LogP contribution in [0.25, 0.3) is 0 Å². The van der Waals surface area contributed by atoms with E-state index >= 15 is 0 Å². The van der Waals surface area contributed by atoms with E-state index in [1.54, 1.807) is 0 Å². The lowest BCUT2D eigenvalue weighted by Crippen LogP contribution is -2.34. The lowest BCUT2D eigenvalue weighted by Gasteiger charge is -2.22. The highest BCUT2D eigenvalue weighted by molar-refractivity contribution is 4.59. The fraction of sp³-hybridized carbons (Fsp3) is 1.00. The smallest absolute Gasteiger partial charge is 0.0593 e. The van der Waals surface area contributed by atoms with Crippen LogP contribution >= 0.6 is 0 Å². The predicted octanol–water partition coefficient (Wildman–Crippen LogP) is 20.1. The summed E-state index contributed by atoms with van der Waals surface area (Å²) in [6.07, 6.45) is 67.9. The van der Waals surface area contributed by atoms with Crippen LogP contribution in [-0.2, 0) is 14.2 Å². The monoisotopic (exact) mass is 906 g/mol. The molecule has 0 heterocycles. The maximum absolute atomic E-state index is 6.15. The zero-order chi connectivity index (χ0) is 46.0. The van der Waals surface area contributed by atoms with E-state index in [1.165, 1.54) is 308 Å². The average Bonchev–Trinajstić information content (AvgIpc) is 3.30. The van der Waals surface area contributed by atoms with Crippen molar-refractivity contribution in [2.24, 2.45) is 0 Å². The van der Waals surface area contributed by atoms with E-state index in [0.29, 0.717) is 0 Å². The molecule has 0 fully saturated rings. The minimum Gasteiger partial charge on any atom is -0.380 e. The number of nitrogens with zero attached hydrogens (tertiary/aromatic N) is 1. The molecule has 0 bridgehead atoms. The van der Waals surface area contributed by atoms with Crippen molar-refractivity contribution in [2.45, 2.75) is 329 Å². The van der Waals surface area contributed by atoms with Crippen molar-refractivity contribution >= 4 is 0 Å². The van der Waals surface area contributed by atoms with Gasteiger partial charge in [-0.1, -0.05) is 310 Å². The fourth-order valence-electron chi connectivity index (χ4n) is 9.48. The largest absolute Gasteiger partial charge is 0.380 e. The summed E-state index contributed by atoms with van der Waals surface area (Å²) in [5.74, 6) is 0. The number of rotatable bonds is 60. The van der Waals surface area contributed by atoms with Gasteiger partial charge in [-0.15, -0.1) is 0 Å². The highest BCUT2D eigenvalue weighted by Crippen LogP contribution is 2.17. The van der Waals surface area contributed by atoms with Gasteiger partial charge in [-0.25, -0.2) is 0 Å². The maximum atomic E-state index is 6.15. The molecular formula is C60H123NO3. The molecule has 0 aliphatic heterocycles. The van der Waals surface area contributed by atoms with Gasteiger partial charge in [-0.2, -0.15) is 0 Å². The summed E-state index contributed by atoms with van der Waals surface area (Å²) in [5.41, 5.74) is 0. The third-order valence-corrected chi connectivity index (χ3v) is 14.1. The number of hydrogen-bond acceptors (Lipinski definition) is 4. The lowest BCUT2D eigenvalue weighted by atomic mass is 10.0. The Bertz CT molecular complexity index is 678. The van der Waals surface area contributed by atoms with Crippen LogP contribution in [0.3, 0.4) is 0 Å². The van der Waals surface area contributed by atoms with Crippen molar-refractivity contribution in [1.29, 1.82) is 0 Å². The van der Waals surface area contributed by atoms with E-state index in [1.807, 2.05) is 0 Å². The summed E-state index contributed by atoms with van der Waals surface area (Å²) in [6, 6.07) is 0. The normalized spacial score (nSPS) is 11.8. The Morgan fingerprint density at radius 2 is 0.312 bits per heavy atom. The van der Waals surface area contributed by atoms with Gasteiger partial charge < -0.3 is 14.2 Å². The average molecular weight is 907 g/mol. The Morgan fingerprint density at radius 3 is 0.469 bits per heavy atom. The Hall–Kier alpha value is -0.160. The van der Waals surface area contributed by atoms with E-state index in [4.69, 9.17) is 14.2 Å². The summed E-state index contributed by atoms with van der Waals surface area (Å²) < 4.78 is 18.4. The topological polar surface area (TPSA) is 30.9 Å². The number of unbranched alkanes of at least 4 members (excludes halogenated alkanes) is 45. The molecule has 0 rings (SSSR count). The van der Waals surface area contributed by atoms with Gasteiger partial charge in [0.25, 0.3) is 0 Å². The minimum atomic E-state index is 0.830. The highest BCUT2D eigenvalue weighted by atomic mass is 16.5. The molecule has 0 aromatic rings. The van der Waals surface area contributed by atoms with Crippen LogP contribution in [0, 0.1) is 0 Å². The first kappa shape index (κ1) is 63.8. The first-order chi connectivity index (χ1) is 31.8. The second-order valence-electron chi connectivity index (χ2n) is 20.6. The molecule has 0 spiro atoms. The Balaban J connectivity index is 3.97. The van der Waals surface area contributed by atoms with E-state index in [-0.39, 0.29) is 0 Å². The van der Waals surface area contributed by atoms with Crippen LogP contribution in [-0.4, -0.2) is 64.2 Å². The molecular weight excluding hydrogens is 783 g/mol. The molecule has 0 amide bonds. The molecule has 0 aliphatic rings. The van der Waals surface area contributed by atoms with Gasteiger partial charge >= 0.3 is 0 Å². The predicted molar refractivity (Wildman–Crippen MR) is 288 cm³/mol. The van der Waals surface area contributed by atoms with E-state index in [9.17, 15) is 0 Å². The van der Waals surface area contributed by atoms with Gasteiger partial charge in [0.15, 0.2) is 0 Å². The molecule has 386 valence electrons. The Kier molecular flexibility index (Phi) is 60.7. The van der Waals surface area contributed by atoms with E-state index in [2.05, 4.69) is 25.7 Å². The molecule has 4 nitrogen and oxygen atoms in total. The molecule has 0 saturated heterocycles. The molecule has 0 radical (unpaired) electrons. The van der Waals surface area contributed by atoms with Crippen molar-refractivity contribution in [3.63, 3.8) is 0 Å². The van der Waals surface area contributed by atoms with Crippen molar-refractivity contribution in [2.75, 3.05) is 59.3 Å². The van der Waals surface area contributed by atoms with Crippen LogP contribution in [0.4, 0.5) is 0 Å². The van der Waals surface area contributed by atoms with Gasteiger partial charge in [0.05, 0.1) is 19.8 Å². The molecule has 0 aliphatic carbocycles. The van der Waals surface area contributed by atoms with E-state index in [0.717, 1.165) is 59.3 Å². The molecule has 0 aromatic heterocycles. The van der Waals surface area contributed by atoms with Gasteiger partial charge in [0, 0.05) is 39.5 Å². The molecule has 0 N–H and O–H groups in total. The molecule has 0 saturated carbocycles. The molecule has 64 heavy (non-hydrogen) atoms. The zero-order valence-electron chi connectivity index (χ0n) is 45.0. The van der Waals surface area contributed by atoms with Crippen LogP contribution in [0.5, 0.6) is 0 Å². The maximum Gasteiger partial charge on any atom is 0.0593 e. The molecule has 0 unspecified atom stereocenters. The molecule has 4 heteroatoms. The second-order valence-corrected chi connectivity index (χ2v) is 20.6. The fourth-order valence-corrected chi connectivity index (χ4v) is 9.48. The Labute approximate surface area is 405 Å². The lowest BCUT2D eigenvalue weighted by molar-refractivity contribution is 0.0506. The highest BCUT2D eigenvalue weighted by Gasteiger charge is 2.06. The van der Waals surface area contributed by atoms with Gasteiger partial charge in [0.1, 0.15) is 0 Å². The van der Waals surface area contributed by atoms with Gasteiger partial charge in [0.2, 0.25) is 0 Å². The van der Waals surface area contributed by atoms with Crippen molar-refractivity contribution in [3.05, 3.63) is 0 Å². The second kappa shape index (κ2) is 60.9. The summed E-state index contributed by atoms with van der Waals surface area (Å²) in [5, 5.41) is 0. The Morgan fingerprint density at radius 1 is 0.172 bits per heavy atom. The SMILES string of the molecule is CCCCCCCCCCCCCCCCCCOCCN(CCOCCCCCCCCCCCCCCCCCC)CCOCCCCCCCCCCCCCCCCCC. The van der Waals surface area contributed by atoms with Crippen molar-refractivity contribution in [1.82, 2.24) is 4.90 Å². The third-order valence-electron chi connectivity index (χ3n) is 14.1. The third kappa shape index (κ3) is 58.0. The zero-order valence-corrected chi connectivity index (χ0v) is 45.0. The van der Waals surface area contributed by atoms with Crippen LogP contribution < -0.4 is 0 Å². The molecule has 0 atom stereocenters. The first-order valence-electron chi connectivity index (χ1n) is 30.3. The van der Waals surface area contributed by atoms with Crippen LogP contribution in [0.15, 0.2) is 0 Å².